The van der Waals surface area contributed by atoms with E-state index in [0.717, 1.165) is 45.9 Å². The van der Waals surface area contributed by atoms with E-state index in [4.69, 9.17) is 10.2 Å². The molecule has 3 aromatic rings. The topological polar surface area (TPSA) is 54.6 Å². The van der Waals surface area contributed by atoms with Crippen LogP contribution in [0.3, 0.4) is 0 Å². The number of aromatic nitrogens is 1. The number of piperazine rings is 1. The number of nitrogens with zero attached hydrogens (tertiary/aromatic N) is 3. The Morgan fingerprint density at radius 2 is 1.38 bits per heavy atom. The molecule has 1 aliphatic heterocycles. The summed E-state index contributed by atoms with van der Waals surface area (Å²) < 4.78 is 7.07. The quantitative estimate of drug-likeness (QED) is 0.508. The molecule has 2 aromatic carbocycles. The normalized spacial score (nSPS) is 16.0. The molecule has 34 heavy (non-hydrogen) atoms. The number of pyridine rings is 1. The van der Waals surface area contributed by atoms with Gasteiger partial charge >= 0.3 is 0 Å². The van der Waals surface area contributed by atoms with Crippen LogP contribution in [-0.4, -0.2) is 62.4 Å². The van der Waals surface area contributed by atoms with Crippen molar-refractivity contribution >= 4 is 24.5 Å². The van der Waals surface area contributed by atoms with Crippen molar-refractivity contribution in [3.8, 4) is 0 Å². The van der Waals surface area contributed by atoms with Gasteiger partial charge in [-0.2, -0.15) is 0 Å². The van der Waals surface area contributed by atoms with Gasteiger partial charge in [-0.3, -0.25) is 9.80 Å². The molecule has 2 N–H and O–H groups in total. The van der Waals surface area contributed by atoms with Crippen LogP contribution in [0.25, 0.3) is 0 Å². The van der Waals surface area contributed by atoms with Gasteiger partial charge in [0.2, 0.25) is 0 Å². The summed E-state index contributed by atoms with van der Waals surface area (Å²) in [4.78, 5) is 9.25. The van der Waals surface area contributed by atoms with Crippen LogP contribution in [-0.2, 0) is 11.0 Å². The van der Waals surface area contributed by atoms with Crippen molar-refractivity contribution in [3.63, 3.8) is 0 Å². The van der Waals surface area contributed by atoms with Crippen LogP contribution in [0.15, 0.2) is 79.0 Å². The largest absolute Gasteiger partial charge is 0.406 e. The number of hydrogen-bond acceptors (Lipinski definition) is 5. The van der Waals surface area contributed by atoms with Crippen LogP contribution in [0, 0.1) is 0 Å². The lowest BCUT2D eigenvalue weighted by atomic mass is 10.2. The summed E-state index contributed by atoms with van der Waals surface area (Å²) in [6.07, 6.45) is 1.89. The zero-order valence-electron chi connectivity index (χ0n) is 20.8. The molecule has 1 saturated heterocycles. The average Bonchev–Trinajstić information content (AvgIpc) is 2.85. The fourth-order valence-electron chi connectivity index (χ4n) is 5.05. The van der Waals surface area contributed by atoms with Crippen molar-refractivity contribution in [2.24, 2.45) is 0 Å². The van der Waals surface area contributed by atoms with Gasteiger partial charge in [0, 0.05) is 52.1 Å². The van der Waals surface area contributed by atoms with Gasteiger partial charge < -0.3 is 10.2 Å². The summed E-state index contributed by atoms with van der Waals surface area (Å²) in [5, 5.41) is 2.70. The predicted molar refractivity (Wildman–Crippen MR) is 144 cm³/mol. The first kappa shape index (κ1) is 24.6. The molecule has 1 fully saturated rings. The molecule has 180 valence electrons. The van der Waals surface area contributed by atoms with Gasteiger partial charge in [-0.05, 0) is 27.0 Å². The number of nitrogen functional groups attached to an aromatic ring is 1. The van der Waals surface area contributed by atoms with Gasteiger partial charge in [0.1, 0.15) is 5.82 Å². The molecule has 0 aliphatic carbocycles. The van der Waals surface area contributed by atoms with E-state index in [1.54, 1.807) is 0 Å². The summed E-state index contributed by atoms with van der Waals surface area (Å²) in [6.45, 7) is 13.9. The second-order valence-corrected chi connectivity index (χ2v) is 14.5. The third kappa shape index (κ3) is 5.58. The smallest absolute Gasteiger partial charge is 0.261 e. The van der Waals surface area contributed by atoms with E-state index in [1.807, 2.05) is 12.3 Å². The molecule has 0 radical (unpaired) electrons. The third-order valence-electron chi connectivity index (χ3n) is 6.86. The van der Waals surface area contributed by atoms with Crippen molar-refractivity contribution in [1.29, 1.82) is 0 Å². The molecule has 0 bridgehead atoms. The number of nitrogens with two attached hydrogens (primary N) is 1. The van der Waals surface area contributed by atoms with Crippen molar-refractivity contribution < 1.29 is 4.43 Å². The highest BCUT2D eigenvalue weighted by Gasteiger charge is 2.50. The Hall–Kier alpha value is -2.51. The van der Waals surface area contributed by atoms with Crippen LogP contribution >= 0.6 is 0 Å². The first-order valence-corrected chi connectivity index (χ1v) is 14.2. The highest BCUT2D eigenvalue weighted by molar-refractivity contribution is 6.99. The van der Waals surface area contributed by atoms with Crippen LogP contribution < -0.4 is 16.1 Å². The van der Waals surface area contributed by atoms with E-state index < -0.39 is 8.32 Å². The Morgan fingerprint density at radius 1 is 0.824 bits per heavy atom. The molecule has 0 saturated carbocycles. The maximum atomic E-state index is 7.07. The number of benzene rings is 2. The molecule has 1 aliphatic rings. The van der Waals surface area contributed by atoms with Crippen LogP contribution in [0.2, 0.25) is 5.04 Å². The van der Waals surface area contributed by atoms with E-state index in [9.17, 15) is 0 Å². The maximum absolute atomic E-state index is 7.07. The van der Waals surface area contributed by atoms with E-state index >= 15 is 0 Å². The molecule has 0 amide bonds. The summed E-state index contributed by atoms with van der Waals surface area (Å²) >= 11 is 0. The van der Waals surface area contributed by atoms with E-state index in [0.29, 0.717) is 5.82 Å². The fraction of sp³-hybridized carbons (Fsp3) is 0.393. The second-order valence-electron chi connectivity index (χ2n) is 10.2. The van der Waals surface area contributed by atoms with Gasteiger partial charge in [-0.1, -0.05) is 87.5 Å². The predicted octanol–water partition coefficient (Wildman–Crippen LogP) is 3.36. The zero-order chi connectivity index (χ0) is 24.0. The zero-order valence-corrected chi connectivity index (χ0v) is 21.8. The summed E-state index contributed by atoms with van der Waals surface area (Å²) in [5.41, 5.74) is 6.94. The second kappa shape index (κ2) is 10.8. The fourth-order valence-corrected chi connectivity index (χ4v) is 9.60. The monoisotopic (exact) mass is 474 g/mol. The lowest BCUT2D eigenvalue weighted by Gasteiger charge is -2.43. The van der Waals surface area contributed by atoms with Crippen molar-refractivity contribution in [3.05, 3.63) is 84.6 Å². The summed E-state index contributed by atoms with van der Waals surface area (Å²) in [5.74, 6) is 0.578. The minimum atomic E-state index is -2.46. The van der Waals surface area contributed by atoms with Gasteiger partial charge in [0.15, 0.2) is 0 Å². The lowest BCUT2D eigenvalue weighted by Crippen LogP contribution is -2.67. The molecule has 4 rings (SSSR count). The summed E-state index contributed by atoms with van der Waals surface area (Å²) in [7, 11) is -2.46. The Bertz CT molecular complexity index is 974. The highest BCUT2D eigenvalue weighted by Crippen LogP contribution is 2.36. The van der Waals surface area contributed by atoms with Gasteiger partial charge in [-0.25, -0.2) is 4.98 Å². The highest BCUT2D eigenvalue weighted by atomic mass is 28.4. The first-order valence-electron chi connectivity index (χ1n) is 12.3. The molecule has 6 heteroatoms. The van der Waals surface area contributed by atoms with Gasteiger partial charge in [-0.15, -0.1) is 0 Å². The third-order valence-corrected chi connectivity index (χ3v) is 11.9. The SMILES string of the molecule is CC(C)(C)[Si](OCCN1CCN(Cc2ccc(N)nc2)CC1)(c1ccccc1)c1ccccc1. The molecule has 2 heterocycles. The lowest BCUT2D eigenvalue weighted by molar-refractivity contribution is 0.111. The van der Waals surface area contributed by atoms with Crippen molar-refractivity contribution in [2.45, 2.75) is 32.4 Å². The number of hydrogen-bond donors (Lipinski definition) is 1. The summed E-state index contributed by atoms with van der Waals surface area (Å²) in [6, 6.07) is 25.8. The standard InChI is InChI=1S/C28H38N4OSi/c1-28(2,3)34(25-10-6-4-7-11-25,26-12-8-5-9-13-26)33-21-20-31-16-18-32(19-17-31)23-24-14-15-27(29)30-22-24/h4-15,22H,16-21,23H2,1-3H3,(H2,29,30). The molecule has 1 aromatic heterocycles. The Balaban J connectivity index is 1.40. The van der Waals surface area contributed by atoms with E-state index in [-0.39, 0.29) is 5.04 Å². The molecule has 5 nitrogen and oxygen atoms in total. The van der Waals surface area contributed by atoms with Crippen LogP contribution in [0.1, 0.15) is 26.3 Å². The Kier molecular flexibility index (Phi) is 7.83. The number of rotatable bonds is 8. The minimum Gasteiger partial charge on any atom is -0.406 e. The van der Waals surface area contributed by atoms with Crippen LogP contribution in [0.5, 0.6) is 0 Å². The number of anilines is 1. The van der Waals surface area contributed by atoms with Gasteiger partial charge in [0.25, 0.3) is 8.32 Å². The molecule has 0 spiro atoms. The molecular weight excluding hydrogens is 436 g/mol. The molecule has 0 unspecified atom stereocenters. The average molecular weight is 475 g/mol. The Labute approximate surface area is 205 Å². The van der Waals surface area contributed by atoms with Gasteiger partial charge in [0.05, 0.1) is 0 Å². The molecule has 0 atom stereocenters. The first-order chi connectivity index (χ1) is 16.4. The maximum Gasteiger partial charge on any atom is 0.261 e. The Morgan fingerprint density at radius 3 is 1.88 bits per heavy atom. The van der Waals surface area contributed by atoms with Crippen molar-refractivity contribution in [2.75, 3.05) is 45.1 Å². The minimum absolute atomic E-state index is 0.0154. The van der Waals surface area contributed by atoms with Crippen molar-refractivity contribution in [1.82, 2.24) is 14.8 Å². The molecular formula is C28H38N4OSi. The van der Waals surface area contributed by atoms with E-state index in [2.05, 4.69) is 102 Å². The van der Waals surface area contributed by atoms with Crippen LogP contribution in [0.4, 0.5) is 5.82 Å². The van der Waals surface area contributed by atoms with E-state index in [1.165, 1.54) is 15.9 Å².